The zero-order valence-electron chi connectivity index (χ0n) is 10.1. The van der Waals surface area contributed by atoms with Crippen LogP contribution in [0.2, 0.25) is 0 Å². The third kappa shape index (κ3) is 2.14. The average Bonchev–Trinajstić information content (AvgIpc) is 2.80. The third-order valence-electron chi connectivity index (χ3n) is 2.43. The van der Waals surface area contributed by atoms with Crippen molar-refractivity contribution in [2.75, 3.05) is 6.61 Å². The number of nitrogens with one attached hydrogen (secondary N) is 1. The van der Waals surface area contributed by atoms with Gasteiger partial charge in [0.1, 0.15) is 5.56 Å². The van der Waals surface area contributed by atoms with Gasteiger partial charge >= 0.3 is 0 Å². The molecule has 0 fully saturated rings. The molecule has 0 bridgehead atoms. The van der Waals surface area contributed by atoms with Gasteiger partial charge in [-0.1, -0.05) is 6.92 Å². The molecule has 7 heteroatoms. The van der Waals surface area contributed by atoms with Crippen molar-refractivity contribution in [1.82, 2.24) is 14.9 Å². The summed E-state index contributed by atoms with van der Waals surface area (Å²) in [5.74, 6) is -0.572. The van der Waals surface area contributed by atoms with Crippen molar-refractivity contribution in [2.45, 2.75) is 20.3 Å². The van der Waals surface area contributed by atoms with Crippen LogP contribution in [0.4, 0.5) is 0 Å². The predicted molar refractivity (Wildman–Crippen MR) is 67.8 cm³/mol. The minimum atomic E-state index is -0.572. The normalized spacial score (nSPS) is 10.8. The van der Waals surface area contributed by atoms with Crippen LogP contribution in [0.25, 0.3) is 4.96 Å². The molecule has 0 saturated heterocycles. The van der Waals surface area contributed by atoms with Crippen LogP contribution in [0.15, 0.2) is 16.4 Å². The third-order valence-corrected chi connectivity index (χ3v) is 3.32. The van der Waals surface area contributed by atoms with Crippen LogP contribution in [-0.2, 0) is 11.3 Å². The van der Waals surface area contributed by atoms with Crippen LogP contribution >= 0.6 is 11.3 Å². The number of carbonyl (C=O) groups excluding carboxylic acids is 1. The molecule has 2 rings (SSSR count). The summed E-state index contributed by atoms with van der Waals surface area (Å²) in [6.07, 6.45) is 1.99. The van der Waals surface area contributed by atoms with Gasteiger partial charge in [-0.2, -0.15) is 0 Å². The van der Waals surface area contributed by atoms with E-state index in [4.69, 9.17) is 4.84 Å². The van der Waals surface area contributed by atoms with E-state index >= 15 is 0 Å². The standard InChI is InChI=1S/C11H13N3O3S/c1-3-7-6-18-11-12-5-8(10(16)14(7)11)9(15)13-17-4-2/h5-6H,3-4H2,1-2H3,(H,13,15). The van der Waals surface area contributed by atoms with E-state index in [-0.39, 0.29) is 11.1 Å². The Hall–Kier alpha value is -1.73. The number of hydrogen-bond acceptors (Lipinski definition) is 5. The molecule has 0 unspecified atom stereocenters. The predicted octanol–water partition coefficient (Wildman–Crippen LogP) is 1.000. The number of aromatic nitrogens is 2. The molecule has 2 heterocycles. The van der Waals surface area contributed by atoms with Crippen molar-refractivity contribution in [3.63, 3.8) is 0 Å². The van der Waals surface area contributed by atoms with Gasteiger partial charge in [0.25, 0.3) is 11.5 Å². The van der Waals surface area contributed by atoms with E-state index in [9.17, 15) is 9.59 Å². The van der Waals surface area contributed by atoms with Gasteiger partial charge in [-0.25, -0.2) is 10.5 Å². The van der Waals surface area contributed by atoms with Gasteiger partial charge in [0.15, 0.2) is 4.96 Å². The molecule has 96 valence electrons. The largest absolute Gasteiger partial charge is 0.282 e. The number of amides is 1. The van der Waals surface area contributed by atoms with Crippen molar-refractivity contribution in [2.24, 2.45) is 0 Å². The lowest BCUT2D eigenvalue weighted by Crippen LogP contribution is -2.31. The summed E-state index contributed by atoms with van der Waals surface area (Å²) < 4.78 is 1.46. The molecule has 6 nitrogen and oxygen atoms in total. The molecular weight excluding hydrogens is 254 g/mol. The number of hydroxylamine groups is 1. The van der Waals surface area contributed by atoms with Crippen molar-refractivity contribution >= 4 is 22.2 Å². The summed E-state index contributed by atoms with van der Waals surface area (Å²) in [5.41, 5.74) is 2.66. The summed E-state index contributed by atoms with van der Waals surface area (Å²) in [6.45, 7) is 4.02. The van der Waals surface area contributed by atoms with Crippen molar-refractivity contribution < 1.29 is 9.63 Å². The number of nitrogens with zero attached hydrogens (tertiary/aromatic N) is 2. The fourth-order valence-corrected chi connectivity index (χ4v) is 2.47. The first-order valence-electron chi connectivity index (χ1n) is 5.59. The van der Waals surface area contributed by atoms with Gasteiger partial charge in [-0.15, -0.1) is 11.3 Å². The van der Waals surface area contributed by atoms with Gasteiger partial charge in [-0.05, 0) is 13.3 Å². The highest BCUT2D eigenvalue weighted by atomic mass is 32.1. The first kappa shape index (κ1) is 12.7. The Kier molecular flexibility index (Phi) is 3.73. The Morgan fingerprint density at radius 1 is 1.56 bits per heavy atom. The first-order valence-corrected chi connectivity index (χ1v) is 6.47. The van der Waals surface area contributed by atoms with E-state index in [0.717, 1.165) is 5.69 Å². The summed E-state index contributed by atoms with van der Waals surface area (Å²) in [4.78, 5) is 33.4. The summed E-state index contributed by atoms with van der Waals surface area (Å²) >= 11 is 1.38. The topological polar surface area (TPSA) is 72.7 Å². The molecule has 2 aromatic rings. The molecule has 0 saturated carbocycles. The van der Waals surface area contributed by atoms with Crippen LogP contribution in [-0.4, -0.2) is 21.9 Å². The molecule has 0 aliphatic rings. The minimum Gasteiger partial charge on any atom is -0.274 e. The van der Waals surface area contributed by atoms with E-state index in [1.807, 2.05) is 12.3 Å². The molecule has 2 aromatic heterocycles. The van der Waals surface area contributed by atoms with Crippen LogP contribution in [0.1, 0.15) is 29.9 Å². The van der Waals surface area contributed by atoms with Crippen LogP contribution in [0.3, 0.4) is 0 Å². The van der Waals surface area contributed by atoms with E-state index in [2.05, 4.69) is 10.5 Å². The molecule has 1 N–H and O–H groups in total. The molecule has 18 heavy (non-hydrogen) atoms. The molecule has 0 aliphatic heterocycles. The zero-order valence-corrected chi connectivity index (χ0v) is 10.9. The van der Waals surface area contributed by atoms with Crippen molar-refractivity contribution in [3.05, 3.63) is 33.2 Å². The SMILES string of the molecule is CCONC(=O)c1cnc2scc(CC)n2c1=O. The second kappa shape index (κ2) is 5.28. The quantitative estimate of drug-likeness (QED) is 0.839. The molecular formula is C11H13N3O3S. The van der Waals surface area contributed by atoms with Crippen LogP contribution < -0.4 is 11.0 Å². The molecule has 0 atom stereocenters. The summed E-state index contributed by atoms with van der Waals surface area (Å²) in [7, 11) is 0. The monoisotopic (exact) mass is 267 g/mol. The second-order valence-corrected chi connectivity index (χ2v) is 4.38. The number of fused-ring (bicyclic) bond motifs is 1. The van der Waals surface area contributed by atoms with E-state index in [0.29, 0.717) is 18.0 Å². The highest BCUT2D eigenvalue weighted by Gasteiger charge is 2.15. The summed E-state index contributed by atoms with van der Waals surface area (Å²) in [5, 5.41) is 1.87. The van der Waals surface area contributed by atoms with Gasteiger partial charge < -0.3 is 0 Å². The molecule has 0 radical (unpaired) electrons. The number of aryl methyl sites for hydroxylation is 1. The van der Waals surface area contributed by atoms with Gasteiger partial charge in [-0.3, -0.25) is 18.8 Å². The highest BCUT2D eigenvalue weighted by Crippen LogP contribution is 2.12. The zero-order chi connectivity index (χ0) is 13.1. The Morgan fingerprint density at radius 3 is 3.00 bits per heavy atom. The van der Waals surface area contributed by atoms with Crippen molar-refractivity contribution in [3.8, 4) is 0 Å². The Bertz CT molecular complexity index is 632. The average molecular weight is 267 g/mol. The fraction of sp³-hybridized carbons (Fsp3) is 0.364. The number of hydrogen-bond donors (Lipinski definition) is 1. The molecule has 0 spiro atoms. The Labute approximate surface area is 107 Å². The smallest absolute Gasteiger partial charge is 0.274 e. The number of carbonyl (C=O) groups is 1. The molecule has 1 amide bonds. The molecule has 0 aromatic carbocycles. The first-order chi connectivity index (χ1) is 8.69. The maximum atomic E-state index is 12.2. The highest BCUT2D eigenvalue weighted by molar-refractivity contribution is 7.15. The van der Waals surface area contributed by atoms with E-state index in [1.165, 1.54) is 21.9 Å². The summed E-state index contributed by atoms with van der Waals surface area (Å²) in [6, 6.07) is 0. The Balaban J connectivity index is 2.50. The van der Waals surface area contributed by atoms with Crippen molar-refractivity contribution in [1.29, 1.82) is 0 Å². The van der Waals surface area contributed by atoms with Crippen LogP contribution in [0, 0.1) is 0 Å². The number of thiazole rings is 1. The van der Waals surface area contributed by atoms with Gasteiger partial charge in [0, 0.05) is 17.3 Å². The number of rotatable bonds is 4. The maximum absolute atomic E-state index is 12.2. The second-order valence-electron chi connectivity index (χ2n) is 3.54. The van der Waals surface area contributed by atoms with Crippen LogP contribution in [0.5, 0.6) is 0 Å². The maximum Gasteiger partial charge on any atom is 0.282 e. The van der Waals surface area contributed by atoms with Gasteiger partial charge in [0.2, 0.25) is 0 Å². The fourth-order valence-electron chi connectivity index (χ4n) is 1.54. The lowest BCUT2D eigenvalue weighted by molar-refractivity contribution is 0.0362. The Morgan fingerprint density at radius 2 is 2.33 bits per heavy atom. The lowest BCUT2D eigenvalue weighted by Gasteiger charge is -2.04. The minimum absolute atomic E-state index is 0.0194. The van der Waals surface area contributed by atoms with E-state index in [1.54, 1.807) is 6.92 Å². The van der Waals surface area contributed by atoms with Gasteiger partial charge in [0.05, 0.1) is 6.61 Å². The van der Waals surface area contributed by atoms with E-state index < -0.39 is 5.91 Å². The lowest BCUT2D eigenvalue weighted by atomic mass is 10.3. The molecule has 0 aliphatic carbocycles.